The van der Waals surface area contributed by atoms with Gasteiger partial charge in [-0.1, -0.05) is 0 Å². The van der Waals surface area contributed by atoms with Crippen molar-refractivity contribution in [3.63, 3.8) is 0 Å². The third-order valence-electron chi connectivity index (χ3n) is 2.34. The molecule has 2 N–H and O–H groups in total. The van der Waals surface area contributed by atoms with Crippen molar-refractivity contribution in [2.24, 2.45) is 0 Å². The molecule has 6 heteroatoms. The number of aromatic nitrogens is 1. The first-order chi connectivity index (χ1) is 8.38. The smallest absolute Gasteiger partial charge is 0.322 e. The first kappa shape index (κ1) is 14.0. The van der Waals surface area contributed by atoms with Gasteiger partial charge >= 0.3 is 12.0 Å². The number of aryl methyl sites for hydroxylation is 2. The molecule has 18 heavy (non-hydrogen) atoms. The summed E-state index contributed by atoms with van der Waals surface area (Å²) in [5.74, 6) is -0.459. The van der Waals surface area contributed by atoms with Crippen molar-refractivity contribution in [3.05, 3.63) is 23.4 Å². The highest BCUT2D eigenvalue weighted by Gasteiger charge is 2.11. The maximum absolute atomic E-state index is 11.7. The number of carboxylic acids is 1. The molecule has 0 spiro atoms. The Kier molecular flexibility index (Phi) is 4.65. The van der Waals surface area contributed by atoms with Crippen LogP contribution in [0.4, 0.5) is 10.6 Å². The first-order valence-corrected chi connectivity index (χ1v) is 5.57. The molecule has 0 aliphatic rings. The van der Waals surface area contributed by atoms with Gasteiger partial charge in [-0.15, -0.1) is 0 Å². The predicted molar refractivity (Wildman–Crippen MR) is 67.6 cm³/mol. The number of hydrogen-bond acceptors (Lipinski definition) is 3. The number of carbonyl (C=O) groups is 2. The van der Waals surface area contributed by atoms with E-state index in [0.29, 0.717) is 5.82 Å². The monoisotopic (exact) mass is 251 g/mol. The van der Waals surface area contributed by atoms with Gasteiger partial charge in [0.15, 0.2) is 0 Å². The highest BCUT2D eigenvalue weighted by atomic mass is 16.4. The maximum atomic E-state index is 11.7. The number of pyridine rings is 1. The van der Waals surface area contributed by atoms with Crippen LogP contribution in [0.1, 0.15) is 17.7 Å². The van der Waals surface area contributed by atoms with Gasteiger partial charge in [0.25, 0.3) is 0 Å². The minimum absolute atomic E-state index is 0.0792. The molecule has 6 nitrogen and oxygen atoms in total. The topological polar surface area (TPSA) is 82.5 Å². The van der Waals surface area contributed by atoms with E-state index in [2.05, 4.69) is 10.3 Å². The molecule has 0 atom stereocenters. The van der Waals surface area contributed by atoms with E-state index < -0.39 is 5.97 Å². The summed E-state index contributed by atoms with van der Waals surface area (Å²) in [6.07, 6.45) is -0.0792. The molecular formula is C12H17N3O3. The number of carbonyl (C=O) groups excluding carboxylic acids is 1. The molecule has 1 rings (SSSR count). The Hall–Kier alpha value is -2.11. The highest BCUT2D eigenvalue weighted by Crippen LogP contribution is 2.09. The average Bonchev–Trinajstić information content (AvgIpc) is 2.24. The van der Waals surface area contributed by atoms with Crippen molar-refractivity contribution >= 4 is 17.8 Å². The molecule has 0 aliphatic heterocycles. The molecule has 2 amide bonds. The summed E-state index contributed by atoms with van der Waals surface area (Å²) >= 11 is 0. The van der Waals surface area contributed by atoms with Crippen molar-refractivity contribution in [1.29, 1.82) is 0 Å². The molecule has 0 fully saturated rings. The third kappa shape index (κ3) is 4.40. The van der Waals surface area contributed by atoms with Crippen LogP contribution < -0.4 is 5.32 Å². The van der Waals surface area contributed by atoms with E-state index in [4.69, 9.17) is 5.11 Å². The van der Waals surface area contributed by atoms with Crippen molar-refractivity contribution in [1.82, 2.24) is 9.88 Å². The normalized spacial score (nSPS) is 9.94. The third-order valence-corrected chi connectivity index (χ3v) is 2.34. The largest absolute Gasteiger partial charge is 0.481 e. The molecule has 1 heterocycles. The summed E-state index contributed by atoms with van der Waals surface area (Å²) in [5, 5.41) is 11.2. The Labute approximate surface area is 106 Å². The minimum atomic E-state index is -0.931. The van der Waals surface area contributed by atoms with Crippen LogP contribution in [0.2, 0.25) is 0 Å². The van der Waals surface area contributed by atoms with Crippen molar-refractivity contribution in [2.45, 2.75) is 20.3 Å². The van der Waals surface area contributed by atoms with Crippen LogP contribution >= 0.6 is 0 Å². The van der Waals surface area contributed by atoms with Crippen molar-refractivity contribution in [3.8, 4) is 0 Å². The zero-order chi connectivity index (χ0) is 13.7. The Morgan fingerprint density at radius 1 is 1.39 bits per heavy atom. The second kappa shape index (κ2) is 6.00. The van der Waals surface area contributed by atoms with Crippen LogP contribution in [0.25, 0.3) is 0 Å². The van der Waals surface area contributed by atoms with E-state index in [-0.39, 0.29) is 19.0 Å². The van der Waals surface area contributed by atoms with Gasteiger partial charge in [0.2, 0.25) is 0 Å². The zero-order valence-corrected chi connectivity index (χ0v) is 10.7. The molecule has 0 bridgehead atoms. The van der Waals surface area contributed by atoms with E-state index in [1.165, 1.54) is 4.90 Å². The molecule has 0 aromatic carbocycles. The fourth-order valence-corrected chi connectivity index (χ4v) is 1.48. The van der Waals surface area contributed by atoms with Crippen LogP contribution in [-0.4, -0.2) is 40.6 Å². The van der Waals surface area contributed by atoms with Gasteiger partial charge in [-0.05, 0) is 31.5 Å². The fraction of sp³-hybridized carbons (Fsp3) is 0.417. The number of carboxylic acid groups (broad SMARTS) is 1. The fourth-order valence-electron chi connectivity index (χ4n) is 1.48. The lowest BCUT2D eigenvalue weighted by molar-refractivity contribution is -0.137. The van der Waals surface area contributed by atoms with Crippen LogP contribution in [0.15, 0.2) is 12.1 Å². The van der Waals surface area contributed by atoms with E-state index in [9.17, 15) is 9.59 Å². The molecule has 0 saturated carbocycles. The number of urea groups is 1. The van der Waals surface area contributed by atoms with Crippen LogP contribution in [-0.2, 0) is 4.79 Å². The summed E-state index contributed by atoms with van der Waals surface area (Å²) in [6.45, 7) is 3.92. The van der Waals surface area contributed by atoms with Crippen LogP contribution in [0.5, 0.6) is 0 Å². The number of hydrogen-bond donors (Lipinski definition) is 2. The van der Waals surface area contributed by atoms with Crippen molar-refractivity contribution < 1.29 is 14.7 Å². The van der Waals surface area contributed by atoms with E-state index in [1.54, 1.807) is 13.1 Å². The van der Waals surface area contributed by atoms with Gasteiger partial charge in [-0.2, -0.15) is 0 Å². The summed E-state index contributed by atoms with van der Waals surface area (Å²) in [4.78, 5) is 27.6. The molecule has 1 aromatic rings. The van der Waals surface area contributed by atoms with Gasteiger partial charge in [0.05, 0.1) is 6.42 Å². The van der Waals surface area contributed by atoms with E-state index in [1.807, 2.05) is 19.9 Å². The van der Waals surface area contributed by atoms with Gasteiger partial charge in [-0.25, -0.2) is 9.78 Å². The van der Waals surface area contributed by atoms with Gasteiger partial charge in [0, 0.05) is 19.3 Å². The lowest BCUT2D eigenvalue weighted by atomic mass is 10.2. The number of anilines is 1. The van der Waals surface area contributed by atoms with Gasteiger partial charge in [-0.3, -0.25) is 10.1 Å². The predicted octanol–water partition coefficient (Wildman–Crippen LogP) is 1.64. The molecule has 0 radical (unpaired) electrons. The Morgan fingerprint density at radius 2 is 2.06 bits per heavy atom. The maximum Gasteiger partial charge on any atom is 0.322 e. The van der Waals surface area contributed by atoms with E-state index >= 15 is 0 Å². The summed E-state index contributed by atoms with van der Waals surface area (Å²) in [5.41, 5.74) is 1.82. The van der Waals surface area contributed by atoms with Crippen LogP contribution in [0.3, 0.4) is 0 Å². The molecule has 0 unspecified atom stereocenters. The Bertz CT molecular complexity index is 440. The quantitative estimate of drug-likeness (QED) is 0.852. The lowest BCUT2D eigenvalue weighted by Gasteiger charge is -2.16. The summed E-state index contributed by atoms with van der Waals surface area (Å²) in [6, 6.07) is 3.30. The molecule has 0 aliphatic carbocycles. The standard InChI is InChI=1S/C12H17N3O3/c1-8-6-9(2)13-10(7-8)14-12(18)15(3)5-4-11(16)17/h6-7H,4-5H2,1-3H3,(H,16,17)(H,13,14,18). The first-order valence-electron chi connectivity index (χ1n) is 5.57. The number of aliphatic carboxylic acids is 1. The molecular weight excluding hydrogens is 234 g/mol. The number of nitrogens with zero attached hydrogens (tertiary/aromatic N) is 2. The Morgan fingerprint density at radius 3 is 2.61 bits per heavy atom. The molecule has 1 aromatic heterocycles. The second-order valence-electron chi connectivity index (χ2n) is 4.17. The zero-order valence-electron chi connectivity index (χ0n) is 10.7. The van der Waals surface area contributed by atoms with Crippen molar-refractivity contribution in [2.75, 3.05) is 18.9 Å². The van der Waals surface area contributed by atoms with E-state index in [0.717, 1.165) is 11.3 Å². The minimum Gasteiger partial charge on any atom is -0.481 e. The second-order valence-corrected chi connectivity index (χ2v) is 4.17. The highest BCUT2D eigenvalue weighted by molar-refractivity contribution is 5.88. The average molecular weight is 251 g/mol. The number of amides is 2. The number of rotatable bonds is 4. The SMILES string of the molecule is Cc1cc(C)nc(NC(=O)N(C)CCC(=O)O)c1. The summed E-state index contributed by atoms with van der Waals surface area (Å²) < 4.78 is 0. The number of nitrogens with one attached hydrogen (secondary N) is 1. The van der Waals surface area contributed by atoms with Gasteiger partial charge in [0.1, 0.15) is 5.82 Å². The molecule has 0 saturated heterocycles. The van der Waals surface area contributed by atoms with Gasteiger partial charge < -0.3 is 10.0 Å². The Balaban J connectivity index is 2.60. The lowest BCUT2D eigenvalue weighted by Crippen LogP contribution is -2.33. The molecule has 98 valence electrons. The summed E-state index contributed by atoms with van der Waals surface area (Å²) in [7, 11) is 1.54. The van der Waals surface area contributed by atoms with Crippen LogP contribution in [0, 0.1) is 13.8 Å².